The fraction of sp³-hybridized carbons (Fsp3) is 0.588. The first-order valence-corrected chi connectivity index (χ1v) is 7.83. The smallest absolute Gasteiger partial charge is 0.222 e. The predicted octanol–water partition coefficient (Wildman–Crippen LogP) is 1.75. The summed E-state index contributed by atoms with van der Waals surface area (Å²) in [6, 6.07) is 11.1. The molecule has 1 heterocycles. The number of nitrogens with zero attached hydrogens (tertiary/aromatic N) is 2. The number of hydrogen-bond donors (Lipinski definition) is 1. The Morgan fingerprint density at radius 2 is 2.00 bits per heavy atom. The average Bonchev–Trinajstić information content (AvgIpc) is 2.49. The number of carbonyl (C=O) groups excluding carboxylic acids is 1. The van der Waals surface area contributed by atoms with Crippen molar-refractivity contribution < 1.29 is 4.79 Å². The maximum atomic E-state index is 11.7. The lowest BCUT2D eigenvalue weighted by molar-refractivity contribution is -0.124. The molecule has 1 amide bonds. The lowest BCUT2D eigenvalue weighted by Crippen LogP contribution is -2.49. The molecule has 1 aliphatic rings. The standard InChI is InChI=1S/C17H27N3O/c1-14(2)17(21)18-9-10-20-12-11-19(3)13-16(20)15-7-5-4-6-8-15/h4-8,14,16H,9-13H2,1-3H3,(H,18,21). The summed E-state index contributed by atoms with van der Waals surface area (Å²) >= 11 is 0. The van der Waals surface area contributed by atoms with E-state index in [9.17, 15) is 4.79 Å². The molecule has 1 N–H and O–H groups in total. The number of hydrogen-bond acceptors (Lipinski definition) is 3. The van der Waals surface area contributed by atoms with Crippen LogP contribution in [0.25, 0.3) is 0 Å². The zero-order valence-corrected chi connectivity index (χ0v) is 13.4. The van der Waals surface area contributed by atoms with Gasteiger partial charge >= 0.3 is 0 Å². The Morgan fingerprint density at radius 1 is 1.29 bits per heavy atom. The summed E-state index contributed by atoms with van der Waals surface area (Å²) in [7, 11) is 2.17. The second-order valence-electron chi connectivity index (χ2n) is 6.17. The van der Waals surface area contributed by atoms with Crippen molar-refractivity contribution in [3.05, 3.63) is 35.9 Å². The fourth-order valence-electron chi connectivity index (χ4n) is 2.74. The van der Waals surface area contributed by atoms with Crippen molar-refractivity contribution in [3.63, 3.8) is 0 Å². The van der Waals surface area contributed by atoms with Gasteiger partial charge in [0, 0.05) is 44.7 Å². The molecule has 1 atom stereocenters. The van der Waals surface area contributed by atoms with Crippen molar-refractivity contribution in [2.24, 2.45) is 5.92 Å². The molecule has 4 heteroatoms. The van der Waals surface area contributed by atoms with E-state index in [0.29, 0.717) is 6.04 Å². The highest BCUT2D eigenvalue weighted by Gasteiger charge is 2.26. The number of carbonyl (C=O) groups is 1. The van der Waals surface area contributed by atoms with Crippen LogP contribution in [0.4, 0.5) is 0 Å². The summed E-state index contributed by atoms with van der Waals surface area (Å²) in [5.74, 6) is 0.197. The molecule has 0 aromatic heterocycles. The summed E-state index contributed by atoms with van der Waals surface area (Å²) < 4.78 is 0. The Bertz CT molecular complexity index is 447. The maximum Gasteiger partial charge on any atom is 0.222 e. The number of nitrogens with one attached hydrogen (secondary N) is 1. The maximum absolute atomic E-state index is 11.7. The van der Waals surface area contributed by atoms with Crippen LogP contribution >= 0.6 is 0 Å². The van der Waals surface area contributed by atoms with E-state index >= 15 is 0 Å². The Labute approximate surface area is 128 Å². The van der Waals surface area contributed by atoms with Crippen molar-refractivity contribution in [3.8, 4) is 0 Å². The van der Waals surface area contributed by atoms with Crippen molar-refractivity contribution >= 4 is 5.91 Å². The van der Waals surface area contributed by atoms with Crippen LogP contribution in [0, 0.1) is 5.92 Å². The molecule has 0 spiro atoms. The minimum Gasteiger partial charge on any atom is -0.355 e. The third-order valence-electron chi connectivity index (χ3n) is 4.10. The quantitative estimate of drug-likeness (QED) is 0.897. The van der Waals surface area contributed by atoms with Crippen LogP contribution in [0.2, 0.25) is 0 Å². The molecule has 0 saturated carbocycles. The largest absolute Gasteiger partial charge is 0.355 e. The fourth-order valence-corrected chi connectivity index (χ4v) is 2.74. The van der Waals surface area contributed by atoms with Crippen molar-refractivity contribution in [2.45, 2.75) is 19.9 Å². The van der Waals surface area contributed by atoms with Crippen molar-refractivity contribution in [1.29, 1.82) is 0 Å². The van der Waals surface area contributed by atoms with E-state index in [1.807, 2.05) is 13.8 Å². The van der Waals surface area contributed by atoms with Gasteiger partial charge in [0.2, 0.25) is 5.91 Å². The summed E-state index contributed by atoms with van der Waals surface area (Å²) in [4.78, 5) is 16.5. The van der Waals surface area contributed by atoms with Gasteiger partial charge in [-0.15, -0.1) is 0 Å². The summed E-state index contributed by atoms with van der Waals surface area (Å²) in [6.45, 7) is 8.67. The molecule has 116 valence electrons. The Kier molecular flexibility index (Phi) is 5.76. The van der Waals surface area contributed by atoms with Crippen LogP contribution in [-0.4, -0.2) is 55.5 Å². The van der Waals surface area contributed by atoms with Gasteiger partial charge in [-0.2, -0.15) is 0 Å². The van der Waals surface area contributed by atoms with Crippen LogP contribution in [-0.2, 0) is 4.79 Å². The molecule has 1 unspecified atom stereocenters. The molecule has 1 aliphatic heterocycles. The van der Waals surface area contributed by atoms with Crippen LogP contribution < -0.4 is 5.32 Å². The number of benzene rings is 1. The molecule has 1 saturated heterocycles. The molecule has 0 bridgehead atoms. The zero-order valence-electron chi connectivity index (χ0n) is 13.4. The van der Waals surface area contributed by atoms with E-state index in [4.69, 9.17) is 0 Å². The minimum absolute atomic E-state index is 0.0578. The molecule has 1 aromatic carbocycles. The van der Waals surface area contributed by atoms with Gasteiger partial charge in [0.1, 0.15) is 0 Å². The molecule has 0 aliphatic carbocycles. The Hall–Kier alpha value is -1.39. The van der Waals surface area contributed by atoms with Gasteiger partial charge in [0.05, 0.1) is 0 Å². The van der Waals surface area contributed by atoms with E-state index in [1.54, 1.807) is 0 Å². The number of amides is 1. The predicted molar refractivity (Wildman–Crippen MR) is 86.1 cm³/mol. The Balaban J connectivity index is 1.94. The lowest BCUT2D eigenvalue weighted by Gasteiger charge is -2.40. The normalized spacial score (nSPS) is 20.7. The second-order valence-corrected chi connectivity index (χ2v) is 6.17. The van der Waals surface area contributed by atoms with Crippen LogP contribution in [0.3, 0.4) is 0 Å². The van der Waals surface area contributed by atoms with Crippen molar-refractivity contribution in [2.75, 3.05) is 39.8 Å². The lowest BCUT2D eigenvalue weighted by atomic mass is 10.0. The van der Waals surface area contributed by atoms with Crippen LogP contribution in [0.15, 0.2) is 30.3 Å². The van der Waals surface area contributed by atoms with E-state index in [-0.39, 0.29) is 11.8 Å². The van der Waals surface area contributed by atoms with E-state index in [1.165, 1.54) is 5.56 Å². The minimum atomic E-state index is 0.0578. The molecule has 2 rings (SSSR count). The van der Waals surface area contributed by atoms with Gasteiger partial charge in [0.15, 0.2) is 0 Å². The topological polar surface area (TPSA) is 35.6 Å². The van der Waals surface area contributed by atoms with Crippen LogP contribution in [0.1, 0.15) is 25.5 Å². The SMILES string of the molecule is CC(C)C(=O)NCCN1CCN(C)CC1c1ccccc1. The molecule has 1 aromatic rings. The van der Waals surface area contributed by atoms with Crippen LogP contribution in [0.5, 0.6) is 0 Å². The van der Waals surface area contributed by atoms with Gasteiger partial charge in [0.25, 0.3) is 0 Å². The second kappa shape index (κ2) is 7.57. The highest BCUT2D eigenvalue weighted by molar-refractivity contribution is 5.77. The molecule has 21 heavy (non-hydrogen) atoms. The van der Waals surface area contributed by atoms with E-state index in [0.717, 1.165) is 32.7 Å². The number of piperazine rings is 1. The average molecular weight is 289 g/mol. The molecule has 1 fully saturated rings. The molecule has 4 nitrogen and oxygen atoms in total. The van der Waals surface area contributed by atoms with E-state index in [2.05, 4.69) is 52.5 Å². The number of rotatable bonds is 5. The highest BCUT2D eigenvalue weighted by atomic mass is 16.1. The third-order valence-corrected chi connectivity index (χ3v) is 4.10. The number of likely N-dealkylation sites (N-methyl/N-ethyl adjacent to an activating group) is 1. The first-order chi connectivity index (χ1) is 10.1. The monoisotopic (exact) mass is 289 g/mol. The van der Waals surface area contributed by atoms with Gasteiger partial charge < -0.3 is 10.2 Å². The zero-order chi connectivity index (χ0) is 15.2. The summed E-state index contributed by atoms with van der Waals surface area (Å²) in [5, 5.41) is 3.02. The Morgan fingerprint density at radius 3 is 2.67 bits per heavy atom. The van der Waals surface area contributed by atoms with Gasteiger partial charge in [-0.25, -0.2) is 0 Å². The van der Waals surface area contributed by atoms with Gasteiger partial charge in [-0.05, 0) is 12.6 Å². The molecular formula is C17H27N3O. The van der Waals surface area contributed by atoms with Crippen molar-refractivity contribution in [1.82, 2.24) is 15.1 Å². The van der Waals surface area contributed by atoms with Gasteiger partial charge in [-0.1, -0.05) is 44.2 Å². The third kappa shape index (κ3) is 4.55. The summed E-state index contributed by atoms with van der Waals surface area (Å²) in [6.07, 6.45) is 0. The summed E-state index contributed by atoms with van der Waals surface area (Å²) in [5.41, 5.74) is 1.36. The molecular weight excluding hydrogens is 262 g/mol. The van der Waals surface area contributed by atoms with Gasteiger partial charge in [-0.3, -0.25) is 9.69 Å². The van der Waals surface area contributed by atoms with E-state index < -0.39 is 0 Å². The highest BCUT2D eigenvalue weighted by Crippen LogP contribution is 2.24. The first kappa shape index (κ1) is 16.0. The molecule has 0 radical (unpaired) electrons. The first-order valence-electron chi connectivity index (χ1n) is 7.83.